The van der Waals surface area contributed by atoms with Crippen LogP contribution in [-0.4, -0.2) is 39.0 Å². The van der Waals surface area contributed by atoms with Gasteiger partial charge in [-0.25, -0.2) is 29.9 Å². The van der Waals surface area contributed by atoms with Gasteiger partial charge in [0.05, 0.1) is 44.2 Å². The van der Waals surface area contributed by atoms with E-state index in [9.17, 15) is 0 Å². The van der Waals surface area contributed by atoms with Crippen molar-refractivity contribution in [3.8, 4) is 124 Å². The molecule has 0 bridgehead atoms. The lowest BCUT2D eigenvalue weighted by molar-refractivity contribution is 0.673. The predicted octanol–water partition coefficient (Wildman–Crippen LogP) is 26.4. The van der Waals surface area contributed by atoms with E-state index in [2.05, 4.69) is 312 Å². The van der Waals surface area contributed by atoms with Crippen molar-refractivity contribution in [2.75, 3.05) is 0 Å². The van der Waals surface area contributed by atoms with E-state index in [0.29, 0.717) is 34.9 Å². The molecule has 22 aromatic rings. The summed E-state index contributed by atoms with van der Waals surface area (Å²) < 4.78 is 18.5. The van der Waals surface area contributed by atoms with Crippen LogP contribution in [0.4, 0.5) is 0 Å². The zero-order valence-corrected chi connectivity index (χ0v) is 60.3. The van der Waals surface area contributed by atoms with Crippen LogP contribution in [0.2, 0.25) is 0 Å². The van der Waals surface area contributed by atoms with Crippen molar-refractivity contribution >= 4 is 87.5 Å². The molecule has 0 saturated heterocycles. The van der Waals surface area contributed by atoms with Gasteiger partial charge in [0.15, 0.2) is 34.9 Å². The molecule has 6 heterocycles. The maximum Gasteiger partial charge on any atom is 0.166 e. The Labute approximate surface area is 643 Å². The van der Waals surface area contributed by atoms with Gasteiger partial charge in [-0.2, -0.15) is 0 Å². The van der Waals surface area contributed by atoms with E-state index in [4.69, 9.17) is 38.7 Å². The third-order valence-corrected chi connectivity index (χ3v) is 21.4. The molecule has 0 amide bonds. The molecule has 0 saturated carbocycles. The molecule has 6 aromatic heterocycles. The maximum atomic E-state index is 6.95. The Hall–Kier alpha value is -15.3. The van der Waals surface area contributed by atoms with E-state index in [-0.39, 0.29) is 0 Å². The van der Waals surface area contributed by atoms with Crippen LogP contribution in [-0.2, 0) is 0 Å². The second kappa shape index (κ2) is 27.5. The van der Waals surface area contributed by atoms with Gasteiger partial charge in [-0.3, -0.25) is 0 Å². The minimum Gasteiger partial charge on any atom is -0.455 e. The van der Waals surface area contributed by atoms with Crippen molar-refractivity contribution in [1.82, 2.24) is 39.0 Å². The second-order valence-electron chi connectivity index (χ2n) is 27.9. The summed E-state index contributed by atoms with van der Waals surface area (Å²) in [5, 5.41) is 8.75. The molecular weight excluding hydrogens is 1370 g/mol. The lowest BCUT2D eigenvalue weighted by atomic mass is 10.0. The number of fused-ring (bicyclic) bond motifs is 14. The molecule has 0 unspecified atom stereocenters. The van der Waals surface area contributed by atoms with Gasteiger partial charge < -0.3 is 18.0 Å². The van der Waals surface area contributed by atoms with Crippen molar-refractivity contribution in [2.24, 2.45) is 0 Å². The molecule has 112 heavy (non-hydrogen) atoms. The first kappa shape index (κ1) is 65.1. The van der Waals surface area contributed by atoms with Gasteiger partial charge in [0.1, 0.15) is 22.3 Å². The highest BCUT2D eigenvalue weighted by atomic mass is 16.3. The highest BCUT2D eigenvalue weighted by Gasteiger charge is 2.26. The average Bonchev–Trinajstić information content (AvgIpc) is 1.56. The summed E-state index contributed by atoms with van der Waals surface area (Å²) in [5.41, 5.74) is 24.1. The van der Waals surface area contributed by atoms with Gasteiger partial charge in [-0.05, 0) is 100 Å². The first-order valence-corrected chi connectivity index (χ1v) is 37.6. The molecule has 0 spiro atoms. The average molecular weight is 1430 g/mol. The Morgan fingerprint density at radius 2 is 0.455 bits per heavy atom. The standard InChI is InChI=1S/2C51H32N4O/c1-4-16-33(17-5-1)36-22-14-23-37(32-36)50-52-49(35-20-8-3-9-21-35)53-51(54-50)42-25-11-13-29-44(42)55-43-28-12-10-24-41(43)46-45(55)31-30-40-39-27-15-26-38(47(39)56-48(40)46)34-18-6-2-7-19-34;1-4-15-33(16-5-1)34-27-29-37(30-28-34)50-52-49(36-19-8-3-9-20-36)53-51(54-50)42-22-11-13-26-44(42)55-43-25-12-10-21-41(43)46-45(55)32-31-40-39-24-14-23-38(47(39)56-48(40)46)35-17-6-2-7-18-35/h2*1-32H. The monoisotopic (exact) mass is 1430 g/mol. The summed E-state index contributed by atoms with van der Waals surface area (Å²) in [4.78, 5) is 30.9. The van der Waals surface area contributed by atoms with Crippen molar-refractivity contribution < 1.29 is 8.83 Å². The van der Waals surface area contributed by atoms with Crippen LogP contribution >= 0.6 is 0 Å². The molecule has 0 aliphatic carbocycles. The minimum absolute atomic E-state index is 0.595. The van der Waals surface area contributed by atoms with Gasteiger partial charge in [-0.1, -0.05) is 322 Å². The quantitative estimate of drug-likeness (QED) is 0.119. The first-order chi connectivity index (χ1) is 55.6. The molecule has 22 rings (SSSR count). The van der Waals surface area contributed by atoms with Crippen LogP contribution in [0.1, 0.15) is 0 Å². The minimum atomic E-state index is 0.595. The number of hydrogen-bond acceptors (Lipinski definition) is 8. The summed E-state index contributed by atoms with van der Waals surface area (Å²) in [6, 6.07) is 134. The Morgan fingerprint density at radius 1 is 0.170 bits per heavy atom. The number of rotatable bonds is 12. The smallest absolute Gasteiger partial charge is 0.166 e. The Morgan fingerprint density at radius 3 is 0.902 bits per heavy atom. The van der Waals surface area contributed by atoms with Crippen LogP contribution in [0.15, 0.2) is 397 Å². The van der Waals surface area contributed by atoms with Gasteiger partial charge in [0.25, 0.3) is 0 Å². The van der Waals surface area contributed by atoms with Crippen LogP contribution in [0, 0.1) is 0 Å². The maximum absolute atomic E-state index is 6.95. The van der Waals surface area contributed by atoms with Crippen LogP contribution in [0.3, 0.4) is 0 Å². The largest absolute Gasteiger partial charge is 0.455 e. The Balaban J connectivity index is 0.000000141. The zero-order valence-electron chi connectivity index (χ0n) is 60.3. The van der Waals surface area contributed by atoms with E-state index >= 15 is 0 Å². The molecule has 16 aromatic carbocycles. The van der Waals surface area contributed by atoms with Crippen molar-refractivity contribution in [3.63, 3.8) is 0 Å². The van der Waals surface area contributed by atoms with Crippen molar-refractivity contribution in [1.29, 1.82) is 0 Å². The molecule has 0 atom stereocenters. The summed E-state index contributed by atoms with van der Waals surface area (Å²) in [5.74, 6) is 3.65. The van der Waals surface area contributed by atoms with Crippen LogP contribution in [0.25, 0.3) is 212 Å². The number of nitrogens with zero attached hydrogens (tertiary/aromatic N) is 8. The molecule has 0 aliphatic heterocycles. The molecule has 0 N–H and O–H groups in total. The number of aromatic nitrogens is 8. The highest BCUT2D eigenvalue weighted by molar-refractivity contribution is 6.26. The first-order valence-electron chi connectivity index (χ1n) is 37.6. The highest BCUT2D eigenvalue weighted by Crippen LogP contribution is 2.47. The number of benzene rings is 16. The zero-order chi connectivity index (χ0) is 74.0. The molecular formula is C102H64N8O2. The number of furan rings is 2. The molecule has 0 fully saturated rings. The van der Waals surface area contributed by atoms with Crippen LogP contribution < -0.4 is 0 Å². The third kappa shape index (κ3) is 11.4. The molecule has 0 aliphatic rings. The predicted molar refractivity (Wildman–Crippen MR) is 457 cm³/mol. The fourth-order valence-corrected chi connectivity index (χ4v) is 16.1. The number of para-hydroxylation sites is 6. The normalized spacial score (nSPS) is 11.6. The third-order valence-electron chi connectivity index (χ3n) is 21.4. The fraction of sp³-hybridized carbons (Fsp3) is 0. The number of hydrogen-bond donors (Lipinski definition) is 0. The summed E-state index contributed by atoms with van der Waals surface area (Å²) in [7, 11) is 0. The van der Waals surface area contributed by atoms with Crippen LogP contribution in [0.5, 0.6) is 0 Å². The molecule has 524 valence electrons. The van der Waals surface area contributed by atoms with Gasteiger partial charge in [0, 0.05) is 76.8 Å². The second-order valence-corrected chi connectivity index (χ2v) is 27.9. The van der Waals surface area contributed by atoms with E-state index in [1.807, 2.05) is 84.9 Å². The van der Waals surface area contributed by atoms with Gasteiger partial charge in [-0.15, -0.1) is 0 Å². The van der Waals surface area contributed by atoms with E-state index in [1.165, 1.54) is 0 Å². The Bertz CT molecular complexity index is 7340. The summed E-state index contributed by atoms with van der Waals surface area (Å²) >= 11 is 0. The van der Waals surface area contributed by atoms with Gasteiger partial charge >= 0.3 is 0 Å². The molecule has 10 heteroatoms. The summed E-state index contributed by atoms with van der Waals surface area (Å²) in [6.45, 7) is 0. The van der Waals surface area contributed by atoms with Crippen molar-refractivity contribution in [3.05, 3.63) is 388 Å². The van der Waals surface area contributed by atoms with Crippen molar-refractivity contribution in [2.45, 2.75) is 0 Å². The molecule has 0 radical (unpaired) electrons. The van der Waals surface area contributed by atoms with E-state index in [0.717, 1.165) is 177 Å². The van der Waals surface area contributed by atoms with E-state index < -0.39 is 0 Å². The van der Waals surface area contributed by atoms with Gasteiger partial charge in [0.2, 0.25) is 0 Å². The fourth-order valence-electron chi connectivity index (χ4n) is 16.1. The molecule has 10 nitrogen and oxygen atoms in total. The summed E-state index contributed by atoms with van der Waals surface area (Å²) in [6.07, 6.45) is 0. The SMILES string of the molecule is c1ccc(-c2ccc(-c3nc(-c4ccccc4)nc(-c4ccccc4-n4c5ccccc5c5c6oc7c(-c8ccccc8)cccc7c6ccc54)n3)cc2)cc1.c1ccc(-c2cccc(-c3nc(-c4ccccc4)nc(-c4ccccc4-n4c5ccccc5c5c6oc7c(-c8ccccc8)cccc7c6ccc54)n3)c2)cc1. The topological polar surface area (TPSA) is 113 Å². The van der Waals surface area contributed by atoms with E-state index in [1.54, 1.807) is 0 Å². The lowest BCUT2D eigenvalue weighted by Crippen LogP contribution is -2.03. The Kier molecular flexibility index (Phi) is 16.0. The lowest BCUT2D eigenvalue weighted by Gasteiger charge is -2.14.